The molecular formula is C7H14O4. The molecule has 0 radical (unpaired) electrons. The van der Waals surface area contributed by atoms with Gasteiger partial charge in [0, 0.05) is 21.3 Å². The quantitative estimate of drug-likeness (QED) is 0.426. The van der Waals surface area contributed by atoms with E-state index in [-0.39, 0.29) is 6.61 Å². The minimum Gasteiger partial charge on any atom is -0.493 e. The fourth-order valence-corrected chi connectivity index (χ4v) is 0.588. The molecule has 0 heterocycles. The van der Waals surface area contributed by atoms with Crippen molar-refractivity contribution in [3.8, 4) is 0 Å². The molecule has 4 heteroatoms. The molecule has 0 aromatic rings. The lowest BCUT2D eigenvalue weighted by atomic mass is 10.6. The first kappa shape index (κ1) is 10.4. The number of rotatable bonds is 6. The van der Waals surface area contributed by atoms with Gasteiger partial charge in [0.15, 0.2) is 6.61 Å². The highest BCUT2D eigenvalue weighted by molar-refractivity contribution is 4.57. The van der Waals surface area contributed by atoms with E-state index in [1.807, 2.05) is 0 Å². The van der Waals surface area contributed by atoms with Crippen LogP contribution >= 0.6 is 0 Å². The molecule has 0 saturated carbocycles. The molecule has 0 aromatic heterocycles. The minimum atomic E-state index is -1.12. The van der Waals surface area contributed by atoms with Gasteiger partial charge in [0.2, 0.25) is 0 Å². The van der Waals surface area contributed by atoms with Crippen LogP contribution in [0.2, 0.25) is 0 Å². The van der Waals surface area contributed by atoms with Crippen molar-refractivity contribution >= 4 is 0 Å². The fourth-order valence-electron chi connectivity index (χ4n) is 0.588. The third-order valence-electron chi connectivity index (χ3n) is 1.31. The van der Waals surface area contributed by atoms with E-state index in [4.69, 9.17) is 18.9 Å². The molecule has 0 saturated heterocycles. The maximum Gasteiger partial charge on any atom is 0.318 e. The molecule has 0 fully saturated rings. The Bertz CT molecular complexity index is 101. The molecule has 0 aliphatic rings. The molecule has 0 aromatic carbocycles. The highest BCUT2D eigenvalue weighted by Gasteiger charge is 2.30. The molecule has 0 N–H and O–H groups in total. The summed E-state index contributed by atoms with van der Waals surface area (Å²) < 4.78 is 19.6. The highest BCUT2D eigenvalue weighted by Crippen LogP contribution is 2.11. The van der Waals surface area contributed by atoms with Crippen LogP contribution in [0.5, 0.6) is 0 Å². The number of hydrogen-bond donors (Lipinski definition) is 0. The molecule has 66 valence electrons. The van der Waals surface area contributed by atoms with E-state index in [1.54, 1.807) is 0 Å². The lowest BCUT2D eigenvalue weighted by Gasteiger charge is -2.27. The Morgan fingerprint density at radius 3 is 1.91 bits per heavy atom. The van der Waals surface area contributed by atoms with Crippen LogP contribution in [0.4, 0.5) is 0 Å². The molecule has 0 rings (SSSR count). The average Bonchev–Trinajstić information content (AvgIpc) is 2.08. The van der Waals surface area contributed by atoms with Gasteiger partial charge >= 0.3 is 5.97 Å². The summed E-state index contributed by atoms with van der Waals surface area (Å²) >= 11 is 0. The van der Waals surface area contributed by atoms with E-state index in [2.05, 4.69) is 6.58 Å². The molecule has 0 atom stereocenters. The summed E-state index contributed by atoms with van der Waals surface area (Å²) in [7, 11) is 4.42. The first-order valence-corrected chi connectivity index (χ1v) is 3.12. The van der Waals surface area contributed by atoms with Crippen LogP contribution in [0.25, 0.3) is 0 Å². The minimum absolute atomic E-state index is 0.153. The summed E-state index contributed by atoms with van der Waals surface area (Å²) in [5, 5.41) is 0. The zero-order chi connectivity index (χ0) is 8.74. The van der Waals surface area contributed by atoms with Crippen LogP contribution in [0.15, 0.2) is 12.8 Å². The average molecular weight is 162 g/mol. The van der Waals surface area contributed by atoms with E-state index < -0.39 is 5.97 Å². The van der Waals surface area contributed by atoms with Crippen LogP contribution in [0.1, 0.15) is 0 Å². The van der Waals surface area contributed by atoms with Crippen molar-refractivity contribution in [3.63, 3.8) is 0 Å². The van der Waals surface area contributed by atoms with Gasteiger partial charge in [-0.25, -0.2) is 0 Å². The molecule has 0 unspecified atom stereocenters. The summed E-state index contributed by atoms with van der Waals surface area (Å²) in [5.74, 6) is -1.12. The third kappa shape index (κ3) is 2.88. The van der Waals surface area contributed by atoms with Crippen LogP contribution in [-0.4, -0.2) is 33.9 Å². The van der Waals surface area contributed by atoms with Gasteiger partial charge in [0.1, 0.15) is 0 Å². The SMILES string of the molecule is C=COCC(OC)(OC)OC. The molecule has 4 nitrogen and oxygen atoms in total. The van der Waals surface area contributed by atoms with Crippen molar-refractivity contribution in [2.45, 2.75) is 5.97 Å². The Hall–Kier alpha value is -0.580. The predicted molar refractivity (Wildman–Crippen MR) is 39.9 cm³/mol. The maximum absolute atomic E-state index is 4.92. The highest BCUT2D eigenvalue weighted by atomic mass is 16.9. The van der Waals surface area contributed by atoms with Gasteiger partial charge < -0.3 is 18.9 Å². The van der Waals surface area contributed by atoms with Gasteiger partial charge in [0.05, 0.1) is 6.26 Å². The van der Waals surface area contributed by atoms with E-state index >= 15 is 0 Å². The van der Waals surface area contributed by atoms with Crippen LogP contribution in [0.3, 0.4) is 0 Å². The van der Waals surface area contributed by atoms with Crippen molar-refractivity contribution in [1.82, 2.24) is 0 Å². The molecule has 0 amide bonds. The lowest BCUT2D eigenvalue weighted by molar-refractivity contribution is -0.364. The monoisotopic (exact) mass is 162 g/mol. The number of ether oxygens (including phenoxy) is 4. The first-order chi connectivity index (χ1) is 5.24. The smallest absolute Gasteiger partial charge is 0.318 e. The normalized spacial score (nSPS) is 11.2. The summed E-state index contributed by atoms with van der Waals surface area (Å²) in [6.07, 6.45) is 1.30. The zero-order valence-electron chi connectivity index (χ0n) is 7.12. The Kier molecular flexibility index (Phi) is 4.85. The summed E-state index contributed by atoms with van der Waals surface area (Å²) in [4.78, 5) is 0. The van der Waals surface area contributed by atoms with Crippen molar-refractivity contribution < 1.29 is 18.9 Å². The molecule has 0 aliphatic carbocycles. The van der Waals surface area contributed by atoms with Crippen LogP contribution in [0, 0.1) is 0 Å². The largest absolute Gasteiger partial charge is 0.493 e. The Balaban J connectivity index is 3.93. The standard InChI is InChI=1S/C7H14O4/c1-5-11-6-7(8-2,9-3)10-4/h5H,1,6H2,2-4H3. The van der Waals surface area contributed by atoms with E-state index in [0.29, 0.717) is 0 Å². The summed E-state index contributed by atoms with van der Waals surface area (Å²) in [5.41, 5.74) is 0. The second-order valence-electron chi connectivity index (χ2n) is 1.77. The van der Waals surface area contributed by atoms with Crippen molar-refractivity contribution in [1.29, 1.82) is 0 Å². The molecule has 0 aliphatic heterocycles. The van der Waals surface area contributed by atoms with Crippen LogP contribution < -0.4 is 0 Å². The maximum atomic E-state index is 4.92. The zero-order valence-corrected chi connectivity index (χ0v) is 7.12. The van der Waals surface area contributed by atoms with Crippen LogP contribution in [-0.2, 0) is 18.9 Å². The van der Waals surface area contributed by atoms with Gasteiger partial charge in [-0.15, -0.1) is 0 Å². The Labute approximate surface area is 66.7 Å². The summed E-state index contributed by atoms with van der Waals surface area (Å²) in [6.45, 7) is 3.53. The summed E-state index contributed by atoms with van der Waals surface area (Å²) in [6, 6.07) is 0. The molecular weight excluding hydrogens is 148 g/mol. The second kappa shape index (κ2) is 5.12. The molecule has 0 spiro atoms. The van der Waals surface area contributed by atoms with E-state index in [1.165, 1.54) is 27.6 Å². The number of hydrogen-bond acceptors (Lipinski definition) is 4. The van der Waals surface area contributed by atoms with Crippen molar-refractivity contribution in [2.75, 3.05) is 27.9 Å². The molecule has 11 heavy (non-hydrogen) atoms. The number of methoxy groups -OCH3 is 3. The van der Waals surface area contributed by atoms with Gasteiger partial charge in [-0.3, -0.25) is 0 Å². The first-order valence-electron chi connectivity index (χ1n) is 3.12. The Morgan fingerprint density at radius 1 is 1.18 bits per heavy atom. The topological polar surface area (TPSA) is 36.9 Å². The van der Waals surface area contributed by atoms with E-state index in [0.717, 1.165) is 0 Å². The molecule has 0 bridgehead atoms. The Morgan fingerprint density at radius 2 is 1.64 bits per heavy atom. The van der Waals surface area contributed by atoms with Crippen molar-refractivity contribution in [2.24, 2.45) is 0 Å². The van der Waals surface area contributed by atoms with Gasteiger partial charge in [-0.1, -0.05) is 6.58 Å². The van der Waals surface area contributed by atoms with E-state index in [9.17, 15) is 0 Å². The predicted octanol–water partition coefficient (Wildman–Crippen LogP) is 0.739. The second-order valence-corrected chi connectivity index (χ2v) is 1.77. The van der Waals surface area contributed by atoms with Gasteiger partial charge in [-0.05, 0) is 0 Å². The lowest BCUT2D eigenvalue weighted by Crippen LogP contribution is -2.40. The van der Waals surface area contributed by atoms with Gasteiger partial charge in [-0.2, -0.15) is 0 Å². The fraction of sp³-hybridized carbons (Fsp3) is 0.714. The van der Waals surface area contributed by atoms with Gasteiger partial charge in [0.25, 0.3) is 0 Å². The third-order valence-corrected chi connectivity index (χ3v) is 1.31. The van der Waals surface area contributed by atoms with Crippen molar-refractivity contribution in [3.05, 3.63) is 12.8 Å².